The number of carbonyl (C=O) groups is 2. The maximum atomic E-state index is 16.5. The molecule has 2 aliphatic heterocycles. The number of aromatic nitrogens is 1. The minimum absolute atomic E-state index is 0.00300. The number of rotatable bonds is 9. The van der Waals surface area contributed by atoms with Gasteiger partial charge in [-0.05, 0) is 76.8 Å². The van der Waals surface area contributed by atoms with Crippen LogP contribution in [0.25, 0.3) is 10.9 Å². The first-order valence-corrected chi connectivity index (χ1v) is 15.8. The van der Waals surface area contributed by atoms with Crippen LogP contribution in [0.15, 0.2) is 30.3 Å². The average molecular weight is 665 g/mol. The Morgan fingerprint density at radius 1 is 1.11 bits per heavy atom. The van der Waals surface area contributed by atoms with Gasteiger partial charge in [-0.25, -0.2) is 27.2 Å². The zero-order valence-electron chi connectivity index (χ0n) is 27.2. The van der Waals surface area contributed by atoms with Gasteiger partial charge in [0.25, 0.3) is 5.92 Å². The van der Waals surface area contributed by atoms with Gasteiger partial charge in [-0.2, -0.15) is 0 Å². The summed E-state index contributed by atoms with van der Waals surface area (Å²) in [4.78, 5) is 32.8. The van der Waals surface area contributed by atoms with Crippen LogP contribution >= 0.6 is 0 Å². The van der Waals surface area contributed by atoms with Crippen LogP contribution in [0.4, 0.5) is 32.4 Å². The molecule has 2 aromatic carbocycles. The molecule has 1 amide bonds. The quantitative estimate of drug-likeness (QED) is 0.233. The number of carbonyl (C=O) groups excluding carboxylic acids is 1. The van der Waals surface area contributed by atoms with Crippen LogP contribution in [0.2, 0.25) is 0 Å². The Balaban J connectivity index is 1.62. The second-order valence-electron chi connectivity index (χ2n) is 13.7. The fraction of sp³-hybridized carbons (Fsp3) is 0.529. The van der Waals surface area contributed by atoms with Crippen molar-refractivity contribution in [3.8, 4) is 0 Å². The minimum atomic E-state index is -3.20. The molecule has 0 aliphatic carbocycles. The van der Waals surface area contributed by atoms with Gasteiger partial charge < -0.3 is 19.7 Å². The van der Waals surface area contributed by atoms with E-state index in [2.05, 4.69) is 4.98 Å². The lowest BCUT2D eigenvalue weighted by Gasteiger charge is -2.42. The summed E-state index contributed by atoms with van der Waals surface area (Å²) in [5, 5.41) is 10.1. The van der Waals surface area contributed by atoms with Gasteiger partial charge >= 0.3 is 12.1 Å². The summed E-state index contributed by atoms with van der Waals surface area (Å²) in [5.74, 6) is -6.45. The molecule has 3 aromatic rings. The first kappa shape index (κ1) is 34.6. The number of alkyl halides is 3. The zero-order valence-corrected chi connectivity index (χ0v) is 27.2. The topological polar surface area (TPSA) is 89.1 Å². The number of nitrogens with zero attached hydrogens (tertiary/aromatic N) is 3. The first-order valence-electron chi connectivity index (χ1n) is 15.8. The highest BCUT2D eigenvalue weighted by molar-refractivity contribution is 5.95. The van der Waals surface area contributed by atoms with E-state index in [0.29, 0.717) is 54.6 Å². The Bertz CT molecular complexity index is 1630. The highest BCUT2D eigenvalue weighted by atomic mass is 19.3. The van der Waals surface area contributed by atoms with E-state index >= 15 is 8.78 Å². The van der Waals surface area contributed by atoms with Crippen molar-refractivity contribution in [3.63, 3.8) is 0 Å². The second kappa shape index (κ2) is 13.1. The summed E-state index contributed by atoms with van der Waals surface area (Å²) in [6.45, 7) is 7.55. The fourth-order valence-corrected chi connectivity index (χ4v) is 6.83. The van der Waals surface area contributed by atoms with Crippen molar-refractivity contribution in [2.45, 2.75) is 83.5 Å². The zero-order chi connectivity index (χ0) is 34.4. The van der Waals surface area contributed by atoms with Crippen LogP contribution in [0, 0.1) is 11.6 Å². The molecule has 0 spiro atoms. The number of ether oxygens (including phenoxy) is 1. The summed E-state index contributed by atoms with van der Waals surface area (Å²) < 4.78 is 80.6. The Kier molecular flexibility index (Phi) is 9.62. The molecule has 1 saturated heterocycles. The first-order chi connectivity index (χ1) is 22.0. The number of nitrogens with one attached hydrogen (secondary N) is 1. The van der Waals surface area contributed by atoms with Crippen molar-refractivity contribution < 1.29 is 41.4 Å². The van der Waals surface area contributed by atoms with Gasteiger partial charge in [-0.1, -0.05) is 6.07 Å². The van der Waals surface area contributed by atoms with Crippen molar-refractivity contribution in [3.05, 3.63) is 64.4 Å². The molecule has 3 heterocycles. The fourth-order valence-electron chi connectivity index (χ4n) is 6.83. The summed E-state index contributed by atoms with van der Waals surface area (Å²) in [5.41, 5.74) is -0.122. The number of carboxylic acids is 1. The van der Waals surface area contributed by atoms with Crippen molar-refractivity contribution in [1.82, 2.24) is 14.8 Å². The lowest BCUT2D eigenvalue weighted by atomic mass is 9.87. The largest absolute Gasteiger partial charge is 0.478 e. The molecular weight excluding hydrogens is 623 g/mol. The van der Waals surface area contributed by atoms with Gasteiger partial charge in [0.15, 0.2) is 0 Å². The predicted octanol–water partition coefficient (Wildman–Crippen LogP) is 7.31. The molecule has 0 bridgehead atoms. The third-order valence-electron chi connectivity index (χ3n) is 8.74. The smallest absolute Gasteiger partial charge is 0.415 e. The molecule has 0 saturated carbocycles. The van der Waals surface area contributed by atoms with E-state index in [1.807, 2.05) is 4.90 Å². The summed E-state index contributed by atoms with van der Waals surface area (Å²) >= 11 is 0. The Morgan fingerprint density at radius 3 is 2.38 bits per heavy atom. The van der Waals surface area contributed by atoms with Gasteiger partial charge in [0.2, 0.25) is 0 Å². The van der Waals surface area contributed by atoms with E-state index in [4.69, 9.17) is 4.74 Å². The van der Waals surface area contributed by atoms with Crippen LogP contribution in [0.1, 0.15) is 80.7 Å². The van der Waals surface area contributed by atoms with E-state index in [9.17, 15) is 27.9 Å². The molecule has 0 radical (unpaired) electrons. The number of hydrogen-bond acceptors (Lipinski definition) is 5. The number of aromatic carboxylic acids is 1. The molecule has 1 fully saturated rings. The monoisotopic (exact) mass is 664 g/mol. The third kappa shape index (κ3) is 7.40. The number of fused-ring (bicyclic) bond motifs is 3. The molecule has 5 rings (SSSR count). The Hall–Kier alpha value is -3.71. The highest BCUT2D eigenvalue weighted by Gasteiger charge is 2.43. The molecule has 3 atom stereocenters. The van der Waals surface area contributed by atoms with Crippen LogP contribution in [-0.4, -0.2) is 88.4 Å². The number of H-pyrrole nitrogens is 1. The van der Waals surface area contributed by atoms with E-state index < -0.39 is 72.1 Å². The molecule has 47 heavy (non-hydrogen) atoms. The maximum Gasteiger partial charge on any atom is 0.415 e. The molecule has 256 valence electrons. The Labute approximate surface area is 270 Å². The number of anilines is 1. The standard InChI is InChI=1S/C34H41F5N4O4/c1-19-13-24-23-8-7-20(31(44)45)14-27(23)40-29(24)30(42(19)18-34(5,38)39)28-25(36)15-22(16-26(28)37)43(32(46)47-33(2,3)4)21-9-12-41(17-21)11-6-10-35/h7-8,14-16,19,21,30,40H,6,9-13,17-18H2,1-5H3,(H,44,45)/t19-,21?,30-/m1/s1. The van der Waals surface area contributed by atoms with Gasteiger partial charge in [-0.3, -0.25) is 14.2 Å². The van der Waals surface area contributed by atoms with Crippen LogP contribution in [0.5, 0.6) is 0 Å². The van der Waals surface area contributed by atoms with Gasteiger partial charge in [0.05, 0.1) is 36.6 Å². The number of halogens is 5. The van der Waals surface area contributed by atoms with E-state index in [0.717, 1.165) is 19.1 Å². The van der Waals surface area contributed by atoms with Crippen LogP contribution in [-0.2, 0) is 11.2 Å². The second-order valence-corrected chi connectivity index (χ2v) is 13.7. The lowest BCUT2D eigenvalue weighted by Crippen LogP contribution is -2.48. The molecule has 1 aromatic heterocycles. The molecule has 8 nitrogen and oxygen atoms in total. The summed E-state index contributed by atoms with van der Waals surface area (Å²) in [7, 11) is 0. The maximum absolute atomic E-state index is 16.5. The number of carboxylic acid groups (broad SMARTS) is 1. The van der Waals surface area contributed by atoms with Crippen molar-refractivity contribution in [1.29, 1.82) is 0 Å². The molecule has 2 N–H and O–H groups in total. The lowest BCUT2D eigenvalue weighted by molar-refractivity contribution is -0.0374. The van der Waals surface area contributed by atoms with Crippen molar-refractivity contribution in [2.24, 2.45) is 0 Å². The molecular formula is C34H41F5N4O4. The summed E-state index contributed by atoms with van der Waals surface area (Å²) in [6, 6.07) is 4.10. The van der Waals surface area contributed by atoms with Crippen LogP contribution in [0.3, 0.4) is 0 Å². The predicted molar refractivity (Wildman–Crippen MR) is 168 cm³/mol. The van der Waals surface area contributed by atoms with Crippen molar-refractivity contribution in [2.75, 3.05) is 37.8 Å². The number of benzene rings is 2. The van der Waals surface area contributed by atoms with E-state index in [-0.39, 0.29) is 17.7 Å². The SMILES string of the molecule is C[C@@H]1Cc2c([nH]c3cc(C(=O)O)ccc23)[C@@H](c2c(F)cc(N(C(=O)OC(C)(C)C)C3CCN(CCCF)C3)cc2F)N1CC(C)(F)F. The number of hydrogen-bond donors (Lipinski definition) is 2. The average Bonchev–Trinajstić information content (AvgIpc) is 3.55. The van der Waals surface area contributed by atoms with Crippen molar-refractivity contribution >= 4 is 28.7 Å². The van der Waals surface area contributed by atoms with Gasteiger partial charge in [0, 0.05) is 54.8 Å². The third-order valence-corrected chi connectivity index (χ3v) is 8.74. The number of amides is 1. The highest BCUT2D eigenvalue weighted by Crippen LogP contribution is 2.44. The minimum Gasteiger partial charge on any atom is -0.478 e. The van der Waals surface area contributed by atoms with Crippen LogP contribution < -0.4 is 4.90 Å². The summed E-state index contributed by atoms with van der Waals surface area (Å²) in [6.07, 6.45) is 0.264. The van der Waals surface area contributed by atoms with E-state index in [1.165, 1.54) is 21.9 Å². The molecule has 13 heteroatoms. The number of aromatic amines is 1. The molecule has 2 aliphatic rings. The number of likely N-dealkylation sites (tertiary alicyclic amines) is 1. The van der Waals surface area contributed by atoms with E-state index in [1.54, 1.807) is 33.8 Å². The molecule has 1 unspecified atom stereocenters. The normalized spacial score (nSPS) is 20.9. The van der Waals surface area contributed by atoms with Gasteiger partial charge in [-0.15, -0.1) is 0 Å². The Morgan fingerprint density at radius 2 is 1.79 bits per heavy atom. The van der Waals surface area contributed by atoms with Gasteiger partial charge in [0.1, 0.15) is 17.2 Å².